The van der Waals surface area contributed by atoms with Gasteiger partial charge in [-0.3, -0.25) is 20.0 Å². The Morgan fingerprint density at radius 1 is 1.06 bits per heavy atom. The maximum atomic E-state index is 13.1. The Hall–Kier alpha value is -3.07. The predicted octanol–water partition coefficient (Wildman–Crippen LogP) is 4.70. The van der Waals surface area contributed by atoms with E-state index in [1.165, 1.54) is 11.3 Å². The van der Waals surface area contributed by atoms with Crippen molar-refractivity contribution in [2.75, 3.05) is 23.4 Å². The number of carbonyl (C=O) groups is 1. The highest BCUT2D eigenvalue weighted by Crippen LogP contribution is 2.35. The molecule has 3 heterocycles. The number of morpholine rings is 1. The van der Waals surface area contributed by atoms with Crippen molar-refractivity contribution in [2.24, 2.45) is 5.10 Å². The largest absolute Gasteiger partial charge is 0.373 e. The van der Waals surface area contributed by atoms with Gasteiger partial charge in [-0.25, -0.2) is 4.98 Å². The van der Waals surface area contributed by atoms with Crippen LogP contribution < -0.4 is 10.3 Å². The van der Waals surface area contributed by atoms with Crippen molar-refractivity contribution in [1.29, 1.82) is 0 Å². The van der Waals surface area contributed by atoms with Crippen LogP contribution in [-0.4, -0.2) is 46.8 Å². The van der Waals surface area contributed by atoms with Gasteiger partial charge in [0.05, 0.1) is 29.6 Å². The summed E-state index contributed by atoms with van der Waals surface area (Å²) in [5, 5.41) is 12.3. The molecule has 2 aliphatic rings. The fourth-order valence-corrected chi connectivity index (χ4v) is 5.35. The van der Waals surface area contributed by atoms with Gasteiger partial charge in [0.1, 0.15) is 5.71 Å². The SMILES string of the molecule is C[C@@H]1CN(Cc2csc(NC(=O)C3=NN(c4ccccc4)[C@H](c4ccccc4)C3)n2)C[C@@H](C)O1. The van der Waals surface area contributed by atoms with Crippen LogP contribution in [0.1, 0.15) is 37.6 Å². The van der Waals surface area contributed by atoms with Gasteiger partial charge in [-0.2, -0.15) is 5.10 Å². The summed E-state index contributed by atoms with van der Waals surface area (Å²) in [6.45, 7) is 6.72. The number of hydrazone groups is 1. The quantitative estimate of drug-likeness (QED) is 0.560. The third-order valence-corrected chi connectivity index (χ3v) is 6.84. The molecular weight excluding hydrogens is 446 g/mol. The molecule has 3 atom stereocenters. The Bertz CT molecular complexity index is 1140. The van der Waals surface area contributed by atoms with Gasteiger partial charge < -0.3 is 4.74 Å². The minimum absolute atomic E-state index is 0.0264. The van der Waals surface area contributed by atoms with Crippen LogP contribution in [0.5, 0.6) is 0 Å². The molecule has 0 unspecified atom stereocenters. The first kappa shape index (κ1) is 22.7. The summed E-state index contributed by atoms with van der Waals surface area (Å²) in [4.78, 5) is 20.1. The Kier molecular flexibility index (Phi) is 6.71. The van der Waals surface area contributed by atoms with Crippen LogP contribution in [0, 0.1) is 0 Å². The molecule has 176 valence electrons. The molecular formula is C26H29N5O2S. The minimum Gasteiger partial charge on any atom is -0.373 e. The van der Waals surface area contributed by atoms with Crippen LogP contribution >= 0.6 is 11.3 Å². The maximum absolute atomic E-state index is 13.1. The zero-order chi connectivity index (χ0) is 23.5. The van der Waals surface area contributed by atoms with Crippen LogP contribution in [0.2, 0.25) is 0 Å². The number of hydrogen-bond donors (Lipinski definition) is 1. The summed E-state index contributed by atoms with van der Waals surface area (Å²) in [6, 6.07) is 20.1. The molecule has 2 aromatic carbocycles. The lowest BCUT2D eigenvalue weighted by Crippen LogP contribution is -2.44. The second-order valence-corrected chi connectivity index (χ2v) is 9.77. The normalized spacial score (nSPS) is 23.1. The van der Waals surface area contributed by atoms with Crippen LogP contribution in [-0.2, 0) is 16.1 Å². The summed E-state index contributed by atoms with van der Waals surface area (Å²) in [5.74, 6) is -0.200. The van der Waals surface area contributed by atoms with Crippen LogP contribution in [0.3, 0.4) is 0 Å². The van der Waals surface area contributed by atoms with Gasteiger partial charge in [-0.1, -0.05) is 48.5 Å². The zero-order valence-corrected chi connectivity index (χ0v) is 20.2. The number of benzene rings is 2. The number of para-hydroxylation sites is 1. The monoisotopic (exact) mass is 475 g/mol. The van der Waals surface area contributed by atoms with Gasteiger partial charge in [0.2, 0.25) is 0 Å². The van der Waals surface area contributed by atoms with Crippen LogP contribution in [0.15, 0.2) is 71.1 Å². The molecule has 1 aromatic heterocycles. The summed E-state index contributed by atoms with van der Waals surface area (Å²) in [7, 11) is 0. The van der Waals surface area contributed by atoms with E-state index < -0.39 is 0 Å². The first-order valence-corrected chi connectivity index (χ1v) is 12.5. The Morgan fingerprint density at radius 3 is 2.44 bits per heavy atom. The molecule has 34 heavy (non-hydrogen) atoms. The lowest BCUT2D eigenvalue weighted by molar-refractivity contribution is -0.110. The van der Waals surface area contributed by atoms with E-state index in [2.05, 4.69) is 41.2 Å². The van der Waals surface area contributed by atoms with Crippen molar-refractivity contribution in [1.82, 2.24) is 9.88 Å². The highest BCUT2D eigenvalue weighted by Gasteiger charge is 2.32. The molecule has 0 bridgehead atoms. The first-order valence-electron chi connectivity index (χ1n) is 11.7. The summed E-state index contributed by atoms with van der Waals surface area (Å²) in [5.41, 5.74) is 3.56. The lowest BCUT2D eigenvalue weighted by Gasteiger charge is -2.34. The first-order chi connectivity index (χ1) is 16.5. The molecule has 2 aliphatic heterocycles. The summed E-state index contributed by atoms with van der Waals surface area (Å²) < 4.78 is 5.82. The molecule has 0 aliphatic carbocycles. The van der Waals surface area contributed by atoms with Gasteiger partial charge >= 0.3 is 0 Å². The third kappa shape index (κ3) is 5.19. The number of thiazole rings is 1. The molecule has 1 fully saturated rings. The lowest BCUT2D eigenvalue weighted by atomic mass is 10.0. The van der Waals surface area contributed by atoms with Crippen molar-refractivity contribution in [3.8, 4) is 0 Å². The number of rotatable bonds is 6. The number of hydrogen-bond acceptors (Lipinski definition) is 7. The van der Waals surface area contributed by atoms with E-state index in [1.807, 2.05) is 58.9 Å². The molecule has 1 amide bonds. The minimum atomic E-state index is -0.200. The maximum Gasteiger partial charge on any atom is 0.273 e. The zero-order valence-electron chi connectivity index (χ0n) is 19.4. The van der Waals surface area contributed by atoms with E-state index in [1.54, 1.807) is 0 Å². The number of nitrogens with one attached hydrogen (secondary N) is 1. The van der Waals surface area contributed by atoms with E-state index in [9.17, 15) is 4.79 Å². The van der Waals surface area contributed by atoms with Crippen molar-refractivity contribution >= 4 is 33.8 Å². The molecule has 0 spiro atoms. The van der Waals surface area contributed by atoms with Crippen molar-refractivity contribution in [3.63, 3.8) is 0 Å². The number of anilines is 2. The van der Waals surface area contributed by atoms with E-state index in [-0.39, 0.29) is 24.2 Å². The average Bonchev–Trinajstić information content (AvgIpc) is 3.47. The number of aromatic nitrogens is 1. The molecule has 0 saturated carbocycles. The van der Waals surface area contributed by atoms with E-state index in [4.69, 9.17) is 9.84 Å². The van der Waals surface area contributed by atoms with Gasteiger partial charge in [-0.15, -0.1) is 11.3 Å². The van der Waals surface area contributed by atoms with Gasteiger partial charge in [0.15, 0.2) is 5.13 Å². The van der Waals surface area contributed by atoms with Gasteiger partial charge in [0, 0.05) is 31.4 Å². The number of carbonyl (C=O) groups excluding carboxylic acids is 1. The van der Waals surface area contributed by atoms with E-state index in [0.29, 0.717) is 17.3 Å². The Morgan fingerprint density at radius 2 is 1.74 bits per heavy atom. The fourth-order valence-electron chi connectivity index (χ4n) is 4.65. The standard InChI is InChI=1S/C26H29N5O2S/c1-18-14-30(15-19(2)33-18)16-21-17-34-26(27-21)28-25(32)23-13-24(20-9-5-3-6-10-20)31(29-23)22-11-7-4-8-12-22/h3-12,17-19,24H,13-16H2,1-2H3,(H,27,28,32)/t18-,19-,24+/m1/s1. The third-order valence-electron chi connectivity index (χ3n) is 6.03. The topological polar surface area (TPSA) is 70.1 Å². The molecule has 1 N–H and O–H groups in total. The second kappa shape index (κ2) is 10.0. The number of ether oxygens (including phenoxy) is 1. The molecule has 0 radical (unpaired) electrons. The fraction of sp³-hybridized carbons (Fsp3) is 0.346. The molecule has 1 saturated heterocycles. The van der Waals surface area contributed by atoms with Gasteiger partial charge in [0.25, 0.3) is 5.91 Å². The van der Waals surface area contributed by atoms with E-state index in [0.717, 1.165) is 36.6 Å². The second-order valence-electron chi connectivity index (χ2n) is 8.91. The predicted molar refractivity (Wildman–Crippen MR) is 136 cm³/mol. The summed E-state index contributed by atoms with van der Waals surface area (Å²) in [6.07, 6.45) is 0.964. The van der Waals surface area contributed by atoms with E-state index >= 15 is 0 Å². The molecule has 5 rings (SSSR count). The highest BCUT2D eigenvalue weighted by molar-refractivity contribution is 7.14. The van der Waals surface area contributed by atoms with Crippen LogP contribution in [0.25, 0.3) is 0 Å². The average molecular weight is 476 g/mol. The van der Waals surface area contributed by atoms with Gasteiger partial charge in [-0.05, 0) is 31.5 Å². The smallest absolute Gasteiger partial charge is 0.273 e. The Balaban J connectivity index is 1.28. The number of amides is 1. The van der Waals surface area contributed by atoms with Crippen LogP contribution in [0.4, 0.5) is 10.8 Å². The molecule has 7 nitrogen and oxygen atoms in total. The van der Waals surface area contributed by atoms with Crippen molar-refractivity contribution in [2.45, 2.75) is 45.1 Å². The molecule has 3 aromatic rings. The number of nitrogens with zero attached hydrogens (tertiary/aromatic N) is 4. The van der Waals surface area contributed by atoms with Crippen molar-refractivity contribution in [3.05, 3.63) is 77.3 Å². The summed E-state index contributed by atoms with van der Waals surface area (Å²) >= 11 is 1.45. The van der Waals surface area contributed by atoms with Crippen molar-refractivity contribution < 1.29 is 9.53 Å². The molecule has 8 heteroatoms. The Labute approximate surface area is 204 Å². The highest BCUT2D eigenvalue weighted by atomic mass is 32.1.